The molecule has 0 fully saturated rings. The molecule has 0 spiro atoms. The third-order valence-corrected chi connectivity index (χ3v) is 2.36. The quantitative estimate of drug-likeness (QED) is 0.744. The van der Waals surface area contributed by atoms with Gasteiger partial charge >= 0.3 is 6.18 Å². The average Bonchev–Trinajstić information content (AvgIpc) is 2.57. The summed E-state index contributed by atoms with van der Waals surface area (Å²) in [5.41, 5.74) is -0.755. The first-order valence-electron chi connectivity index (χ1n) is 4.04. The van der Waals surface area contributed by atoms with Gasteiger partial charge in [-0.2, -0.15) is 13.2 Å². The molecule has 0 aliphatic rings. The molecule has 0 atom stereocenters. The zero-order valence-electron chi connectivity index (χ0n) is 7.31. The highest BCUT2D eigenvalue weighted by atomic mass is 79.9. The Morgan fingerprint density at radius 2 is 2.07 bits per heavy atom. The Bertz CT molecular complexity index is 492. The van der Waals surface area contributed by atoms with Gasteiger partial charge in [0.05, 0.1) is 10.9 Å². The van der Waals surface area contributed by atoms with Gasteiger partial charge < -0.3 is 4.42 Å². The number of hydrogen-bond acceptors (Lipinski definition) is 2. The molecule has 0 saturated carbocycles. The molecule has 2 nitrogen and oxygen atoms in total. The number of oxazole rings is 1. The summed E-state index contributed by atoms with van der Waals surface area (Å²) < 4.78 is 42.7. The summed E-state index contributed by atoms with van der Waals surface area (Å²) in [5, 5.41) is 0.291. The largest absolute Gasteiger partial charge is 0.440 e. The maximum Gasteiger partial charge on any atom is 0.418 e. The molecule has 0 saturated heterocycles. The minimum absolute atomic E-state index is 0.139. The monoisotopic (exact) mass is 279 g/mol. The number of rotatable bonds is 1. The predicted octanol–water partition coefficient (Wildman–Crippen LogP) is 3.74. The summed E-state index contributed by atoms with van der Waals surface area (Å²) in [6.07, 6.45) is -4.40. The van der Waals surface area contributed by atoms with E-state index in [0.29, 0.717) is 5.33 Å². The molecule has 1 aromatic heterocycles. The fourth-order valence-corrected chi connectivity index (χ4v) is 1.52. The highest BCUT2D eigenvalue weighted by molar-refractivity contribution is 9.08. The van der Waals surface area contributed by atoms with Gasteiger partial charge in [0.1, 0.15) is 5.52 Å². The molecule has 6 heteroatoms. The first kappa shape index (κ1) is 10.5. The minimum Gasteiger partial charge on any atom is -0.440 e. The number of para-hydroxylation sites is 1. The van der Waals surface area contributed by atoms with Crippen LogP contribution in [-0.4, -0.2) is 4.98 Å². The lowest BCUT2D eigenvalue weighted by molar-refractivity contribution is -0.136. The number of fused-ring (bicyclic) bond motifs is 1. The Balaban J connectivity index is 2.70. The lowest BCUT2D eigenvalue weighted by Gasteiger charge is -2.05. The summed E-state index contributed by atoms with van der Waals surface area (Å²) in [4.78, 5) is 3.76. The van der Waals surface area contributed by atoms with Crippen LogP contribution in [0.5, 0.6) is 0 Å². The third kappa shape index (κ3) is 1.86. The second kappa shape index (κ2) is 3.52. The van der Waals surface area contributed by atoms with Crippen LogP contribution in [0.3, 0.4) is 0 Å². The Labute approximate surface area is 91.2 Å². The van der Waals surface area contributed by atoms with E-state index in [9.17, 15) is 13.2 Å². The number of halogens is 4. The molecule has 80 valence electrons. The number of alkyl halides is 4. The van der Waals surface area contributed by atoms with E-state index in [-0.39, 0.29) is 17.0 Å². The van der Waals surface area contributed by atoms with Gasteiger partial charge in [0, 0.05) is 0 Å². The van der Waals surface area contributed by atoms with Crippen LogP contribution in [0, 0.1) is 0 Å². The van der Waals surface area contributed by atoms with Gasteiger partial charge in [-0.05, 0) is 12.1 Å². The normalized spacial score (nSPS) is 12.3. The van der Waals surface area contributed by atoms with Crippen molar-refractivity contribution in [2.75, 3.05) is 0 Å². The predicted molar refractivity (Wildman–Crippen MR) is 51.6 cm³/mol. The van der Waals surface area contributed by atoms with Crippen LogP contribution in [0.4, 0.5) is 13.2 Å². The van der Waals surface area contributed by atoms with E-state index in [4.69, 9.17) is 4.42 Å². The van der Waals surface area contributed by atoms with Crippen LogP contribution in [0.25, 0.3) is 11.1 Å². The van der Waals surface area contributed by atoms with Gasteiger partial charge in [-0.3, -0.25) is 0 Å². The SMILES string of the molecule is FC(F)(F)c1cccc2oc(CBr)nc12. The molecule has 0 aliphatic carbocycles. The number of nitrogens with zero attached hydrogens (tertiary/aromatic N) is 1. The molecule has 0 radical (unpaired) electrons. The highest BCUT2D eigenvalue weighted by Crippen LogP contribution is 2.34. The summed E-state index contributed by atoms with van der Waals surface area (Å²) in [6.45, 7) is 0. The Hall–Kier alpha value is -1.04. The first-order chi connectivity index (χ1) is 7.02. The average molecular weight is 280 g/mol. The van der Waals surface area contributed by atoms with Crippen LogP contribution in [0.15, 0.2) is 22.6 Å². The van der Waals surface area contributed by atoms with Gasteiger partial charge in [-0.1, -0.05) is 22.0 Å². The van der Waals surface area contributed by atoms with Crippen molar-refractivity contribution in [2.24, 2.45) is 0 Å². The number of aromatic nitrogens is 1. The van der Waals surface area contributed by atoms with Gasteiger partial charge in [0.25, 0.3) is 0 Å². The lowest BCUT2D eigenvalue weighted by Crippen LogP contribution is -2.05. The maximum atomic E-state index is 12.5. The van der Waals surface area contributed by atoms with Crippen molar-refractivity contribution in [3.8, 4) is 0 Å². The van der Waals surface area contributed by atoms with E-state index in [2.05, 4.69) is 20.9 Å². The molecule has 1 heterocycles. The molecular weight excluding hydrogens is 275 g/mol. The van der Waals surface area contributed by atoms with Gasteiger partial charge in [0.2, 0.25) is 5.89 Å². The first-order valence-corrected chi connectivity index (χ1v) is 5.16. The van der Waals surface area contributed by atoms with Crippen LogP contribution >= 0.6 is 15.9 Å². The van der Waals surface area contributed by atoms with E-state index in [1.807, 2.05) is 0 Å². The van der Waals surface area contributed by atoms with E-state index in [0.717, 1.165) is 6.07 Å². The van der Waals surface area contributed by atoms with E-state index in [1.54, 1.807) is 0 Å². The maximum absolute atomic E-state index is 12.5. The fourth-order valence-electron chi connectivity index (χ4n) is 1.28. The van der Waals surface area contributed by atoms with Crippen LogP contribution in [-0.2, 0) is 11.5 Å². The van der Waals surface area contributed by atoms with Crippen molar-refractivity contribution in [2.45, 2.75) is 11.5 Å². The van der Waals surface area contributed by atoms with Gasteiger partial charge in [-0.15, -0.1) is 0 Å². The molecule has 2 rings (SSSR count). The zero-order valence-corrected chi connectivity index (χ0v) is 8.89. The number of benzene rings is 1. The lowest BCUT2D eigenvalue weighted by atomic mass is 10.2. The second-order valence-electron chi connectivity index (χ2n) is 2.89. The molecule has 0 bridgehead atoms. The Kier molecular flexibility index (Phi) is 2.46. The molecule has 2 aromatic rings. The van der Waals surface area contributed by atoms with Crippen LogP contribution in [0.1, 0.15) is 11.5 Å². The van der Waals surface area contributed by atoms with Crippen molar-refractivity contribution < 1.29 is 17.6 Å². The van der Waals surface area contributed by atoms with Crippen molar-refractivity contribution in [1.29, 1.82) is 0 Å². The van der Waals surface area contributed by atoms with Gasteiger partial charge in [-0.25, -0.2) is 4.98 Å². The van der Waals surface area contributed by atoms with Crippen molar-refractivity contribution >= 4 is 27.0 Å². The van der Waals surface area contributed by atoms with Crippen molar-refractivity contribution in [3.05, 3.63) is 29.7 Å². The third-order valence-electron chi connectivity index (χ3n) is 1.88. The van der Waals surface area contributed by atoms with Crippen molar-refractivity contribution in [3.63, 3.8) is 0 Å². The Morgan fingerprint density at radius 1 is 1.33 bits per heavy atom. The number of hydrogen-bond donors (Lipinski definition) is 0. The molecule has 1 aromatic carbocycles. The van der Waals surface area contributed by atoms with Crippen LogP contribution < -0.4 is 0 Å². The smallest absolute Gasteiger partial charge is 0.418 e. The fraction of sp³-hybridized carbons (Fsp3) is 0.222. The molecule has 0 amide bonds. The van der Waals surface area contributed by atoms with E-state index >= 15 is 0 Å². The molecular formula is C9H5BrF3NO. The standard InChI is InChI=1S/C9H5BrF3NO/c10-4-7-14-8-5(9(11,12)13)2-1-3-6(8)15-7/h1-3H,4H2. The molecule has 0 aliphatic heterocycles. The second-order valence-corrected chi connectivity index (χ2v) is 3.45. The Morgan fingerprint density at radius 3 is 2.67 bits per heavy atom. The van der Waals surface area contributed by atoms with E-state index in [1.165, 1.54) is 12.1 Å². The van der Waals surface area contributed by atoms with Crippen molar-refractivity contribution in [1.82, 2.24) is 4.98 Å². The van der Waals surface area contributed by atoms with Crippen LogP contribution in [0.2, 0.25) is 0 Å². The molecule has 15 heavy (non-hydrogen) atoms. The highest BCUT2D eigenvalue weighted by Gasteiger charge is 2.34. The summed E-state index contributed by atoms with van der Waals surface area (Å²) in [7, 11) is 0. The van der Waals surface area contributed by atoms with E-state index < -0.39 is 11.7 Å². The zero-order chi connectivity index (χ0) is 11.1. The summed E-state index contributed by atoms with van der Waals surface area (Å²) in [6, 6.07) is 3.75. The molecule has 0 N–H and O–H groups in total. The summed E-state index contributed by atoms with van der Waals surface area (Å²) >= 11 is 3.07. The minimum atomic E-state index is -4.40. The molecule has 0 unspecified atom stereocenters. The topological polar surface area (TPSA) is 26.0 Å². The van der Waals surface area contributed by atoms with Gasteiger partial charge in [0.15, 0.2) is 5.58 Å². The summed E-state index contributed by atoms with van der Waals surface area (Å²) in [5.74, 6) is 0.238.